The molecule has 1 aromatic heterocycles. The number of hydrogen-bond donors (Lipinski definition) is 1. The molecule has 0 aliphatic rings. The Kier molecular flexibility index (Phi) is 3.22. The molecule has 1 rings (SSSR count). The van der Waals surface area contributed by atoms with Crippen molar-refractivity contribution >= 4 is 28.9 Å². The van der Waals surface area contributed by atoms with Crippen LogP contribution in [0.25, 0.3) is 0 Å². The van der Waals surface area contributed by atoms with Gasteiger partial charge in [0.05, 0.1) is 0 Å². The van der Waals surface area contributed by atoms with Crippen molar-refractivity contribution in [1.29, 1.82) is 0 Å². The van der Waals surface area contributed by atoms with E-state index in [1.54, 1.807) is 0 Å². The fraction of sp³-hybridized carbons (Fsp3) is 0. The number of hydrogen-bond acceptors (Lipinski definition) is 2. The standard InChI is InChI=1S/C5H2ClO3.ClH.Hg/c6-4-2-1-3(9-4)5(7)8;;/h1H,(H,7,8);1H;/q;;+1/p-1. The molecule has 0 radical (unpaired) electrons. The van der Waals surface area contributed by atoms with Crippen LogP contribution in [0.3, 0.4) is 0 Å². The number of carbonyl (C=O) groups is 1. The van der Waals surface area contributed by atoms with Gasteiger partial charge in [0.25, 0.3) is 0 Å². The van der Waals surface area contributed by atoms with Crippen molar-refractivity contribution in [3.63, 3.8) is 0 Å². The third-order valence-corrected chi connectivity index (χ3v) is 7.99. The summed E-state index contributed by atoms with van der Waals surface area (Å²) in [6.45, 7) is 0. The Morgan fingerprint density at radius 3 is 2.64 bits per heavy atom. The van der Waals surface area contributed by atoms with E-state index in [0.29, 0.717) is 3.07 Å². The molecule has 0 spiro atoms. The van der Waals surface area contributed by atoms with Crippen LogP contribution in [0.5, 0.6) is 0 Å². The predicted octanol–water partition coefficient (Wildman–Crippen LogP) is 1.49. The molecule has 11 heavy (non-hydrogen) atoms. The summed E-state index contributed by atoms with van der Waals surface area (Å²) in [5.74, 6) is -1.25. The first-order valence-corrected chi connectivity index (χ1v) is 12.6. The molecule has 0 aliphatic carbocycles. The van der Waals surface area contributed by atoms with E-state index in [2.05, 4.69) is 0 Å². The predicted molar refractivity (Wildman–Crippen MR) is 36.2 cm³/mol. The van der Waals surface area contributed by atoms with E-state index in [1.807, 2.05) is 0 Å². The Balaban J connectivity index is 3.05. The van der Waals surface area contributed by atoms with Gasteiger partial charge < -0.3 is 0 Å². The molecule has 0 bridgehead atoms. The molecule has 0 saturated heterocycles. The summed E-state index contributed by atoms with van der Waals surface area (Å²) in [7, 11) is 5.64. The Morgan fingerprint density at radius 2 is 2.36 bits per heavy atom. The molecule has 3 nitrogen and oxygen atoms in total. The molecule has 0 aromatic carbocycles. The Bertz CT molecular complexity index is 283. The average Bonchev–Trinajstić information content (AvgIpc) is 2.31. The molecule has 56 valence electrons. The zero-order valence-electron chi connectivity index (χ0n) is 5.30. The minimum absolute atomic E-state index is 0.134. The summed E-state index contributed by atoms with van der Waals surface area (Å²) in [6, 6.07) is 1.40. The first-order chi connectivity index (χ1) is 5.15. The second-order valence-corrected chi connectivity index (χ2v) is 8.54. The molecule has 1 N–H and O–H groups in total. The van der Waals surface area contributed by atoms with E-state index in [9.17, 15) is 4.79 Å². The number of furan rings is 1. The van der Waals surface area contributed by atoms with Crippen molar-refractivity contribution in [1.82, 2.24) is 0 Å². The first kappa shape index (κ1) is 9.35. The topological polar surface area (TPSA) is 50.4 Å². The van der Waals surface area contributed by atoms with Gasteiger partial charge in [0.1, 0.15) is 0 Å². The van der Waals surface area contributed by atoms with E-state index in [4.69, 9.17) is 29.4 Å². The van der Waals surface area contributed by atoms with Crippen molar-refractivity contribution in [2.75, 3.05) is 0 Å². The van der Waals surface area contributed by atoms with Crippen LogP contribution < -0.4 is 3.07 Å². The molecule has 0 atom stereocenters. The summed E-state index contributed by atoms with van der Waals surface area (Å²) in [4.78, 5) is 10.3. The van der Waals surface area contributed by atoms with E-state index in [1.165, 1.54) is 6.07 Å². The second kappa shape index (κ2) is 3.78. The van der Waals surface area contributed by atoms with Crippen molar-refractivity contribution in [3.05, 3.63) is 17.0 Å². The van der Waals surface area contributed by atoms with Crippen LogP contribution in [0.4, 0.5) is 0 Å². The average molecular weight is 382 g/mol. The zero-order chi connectivity index (χ0) is 8.43. The van der Waals surface area contributed by atoms with E-state index in [0.717, 1.165) is 0 Å². The van der Waals surface area contributed by atoms with E-state index < -0.39 is 29.3 Å². The molecule has 0 amide bonds. The Hall–Kier alpha value is 0.265. The van der Waals surface area contributed by atoms with Gasteiger partial charge in [-0.1, -0.05) is 0 Å². The first-order valence-electron chi connectivity index (χ1n) is 2.72. The van der Waals surface area contributed by atoms with Gasteiger partial charge in [-0.15, -0.1) is 0 Å². The Labute approximate surface area is 83.2 Å². The van der Waals surface area contributed by atoms with Crippen LogP contribution in [0, 0.1) is 0 Å². The normalized spacial score (nSPS) is 9.27. The summed E-state index contributed by atoms with van der Waals surface area (Å²) in [5.41, 5.74) is 0. The fourth-order valence-corrected chi connectivity index (χ4v) is 5.38. The summed E-state index contributed by atoms with van der Waals surface area (Å²) < 4.78 is 5.42. The maximum atomic E-state index is 10.3. The molecular formula is C5H2Cl2HgO3. The fourth-order valence-electron chi connectivity index (χ4n) is 0.603. The molecule has 6 heteroatoms. The van der Waals surface area contributed by atoms with Crippen LogP contribution in [0.2, 0.25) is 5.22 Å². The monoisotopic (exact) mass is 382 g/mol. The third kappa shape index (κ3) is 2.10. The van der Waals surface area contributed by atoms with E-state index >= 15 is 0 Å². The van der Waals surface area contributed by atoms with Gasteiger partial charge in [0.15, 0.2) is 0 Å². The van der Waals surface area contributed by atoms with Crippen LogP contribution in [-0.4, -0.2) is 11.1 Å². The van der Waals surface area contributed by atoms with Gasteiger partial charge in [0.2, 0.25) is 0 Å². The van der Waals surface area contributed by atoms with Crippen LogP contribution in [0.15, 0.2) is 10.5 Å². The molecule has 0 aliphatic heterocycles. The SMILES string of the molecule is O=C(O)c1c[c]([Hg][Cl])c(Cl)o1. The van der Waals surface area contributed by atoms with E-state index in [-0.39, 0.29) is 11.0 Å². The second-order valence-electron chi connectivity index (χ2n) is 1.85. The Morgan fingerprint density at radius 1 is 1.73 bits per heavy atom. The van der Waals surface area contributed by atoms with Gasteiger partial charge in [-0.25, -0.2) is 0 Å². The van der Waals surface area contributed by atoms with Gasteiger partial charge in [0, 0.05) is 0 Å². The van der Waals surface area contributed by atoms with Crippen molar-refractivity contribution in [2.45, 2.75) is 0 Å². The summed E-state index contributed by atoms with van der Waals surface area (Å²) in [5, 5.41) is 8.59. The molecule has 0 saturated carbocycles. The summed E-state index contributed by atoms with van der Waals surface area (Å²) >= 11 is 3.90. The number of carboxylic acids is 1. The van der Waals surface area contributed by atoms with Gasteiger partial charge >= 0.3 is 83.6 Å². The molecule has 0 unspecified atom stereocenters. The molecule has 0 fully saturated rings. The van der Waals surface area contributed by atoms with Gasteiger partial charge in [-0.05, 0) is 0 Å². The van der Waals surface area contributed by atoms with Gasteiger partial charge in [-0.3, -0.25) is 0 Å². The molecular weight excluding hydrogens is 380 g/mol. The van der Waals surface area contributed by atoms with Crippen LogP contribution in [-0.2, 0) is 23.3 Å². The maximum absolute atomic E-state index is 10.3. The third-order valence-electron chi connectivity index (χ3n) is 1.11. The van der Waals surface area contributed by atoms with Gasteiger partial charge in [-0.2, -0.15) is 0 Å². The van der Waals surface area contributed by atoms with Crippen LogP contribution in [0.1, 0.15) is 10.6 Å². The molecule has 1 heterocycles. The quantitative estimate of drug-likeness (QED) is 0.790. The van der Waals surface area contributed by atoms with Crippen LogP contribution >= 0.6 is 19.9 Å². The minimum atomic E-state index is -1.63. The summed E-state index contributed by atoms with van der Waals surface area (Å²) in [6.07, 6.45) is 0. The number of aromatic carboxylic acids is 1. The number of carboxylic acid groups (broad SMARTS) is 1. The van der Waals surface area contributed by atoms with Crippen molar-refractivity contribution in [3.8, 4) is 0 Å². The van der Waals surface area contributed by atoms with Crippen molar-refractivity contribution in [2.24, 2.45) is 0 Å². The number of rotatable bonds is 2. The van der Waals surface area contributed by atoms with Crippen molar-refractivity contribution < 1.29 is 37.7 Å². The number of halogens is 2. The zero-order valence-corrected chi connectivity index (χ0v) is 12.3. The molecule has 1 aromatic rings.